The van der Waals surface area contributed by atoms with Crippen LogP contribution in [-0.4, -0.2) is 105 Å². The standard InChI is InChI=1S/C32H49ClFN7O2/c1-2-43-30-5-3-4-28(34)27(30)23-40-18-20-41(21-19-40)32(42)31(36)24-8-15-39(16-9-24)17-10-25-22-26(33)6-7-29(25)38-14-13-37-12-11-35/h3-7,22,24,31,37-38H,2,8-21,23,35-36H2,1H3/t31-/m1/s1. The fourth-order valence-electron chi connectivity index (χ4n) is 6.01. The molecule has 2 saturated heterocycles. The predicted molar refractivity (Wildman–Crippen MR) is 172 cm³/mol. The number of nitrogens with zero attached hydrogens (tertiary/aromatic N) is 3. The highest BCUT2D eigenvalue weighted by Crippen LogP contribution is 2.26. The highest BCUT2D eigenvalue weighted by atomic mass is 35.5. The Morgan fingerprint density at radius 2 is 1.84 bits per heavy atom. The molecule has 2 aromatic rings. The van der Waals surface area contributed by atoms with Gasteiger partial charge in [0.15, 0.2) is 0 Å². The minimum Gasteiger partial charge on any atom is -0.493 e. The Balaban J connectivity index is 1.19. The van der Waals surface area contributed by atoms with Gasteiger partial charge < -0.3 is 36.6 Å². The zero-order chi connectivity index (χ0) is 30.6. The molecular formula is C32H49ClFN7O2. The molecule has 4 rings (SSSR count). The number of hydrogen-bond acceptors (Lipinski definition) is 8. The lowest BCUT2D eigenvalue weighted by molar-refractivity contribution is -0.136. The zero-order valence-electron chi connectivity index (χ0n) is 25.5. The van der Waals surface area contributed by atoms with Gasteiger partial charge in [0.05, 0.1) is 12.6 Å². The molecule has 2 heterocycles. The minimum atomic E-state index is -0.485. The van der Waals surface area contributed by atoms with Crippen molar-refractivity contribution in [2.45, 2.75) is 38.8 Å². The van der Waals surface area contributed by atoms with Crippen molar-refractivity contribution in [3.8, 4) is 5.75 Å². The Labute approximate surface area is 261 Å². The summed E-state index contributed by atoms with van der Waals surface area (Å²) in [6, 6.07) is 10.5. The van der Waals surface area contributed by atoms with Gasteiger partial charge in [0.2, 0.25) is 5.91 Å². The van der Waals surface area contributed by atoms with E-state index in [9.17, 15) is 9.18 Å². The highest BCUT2D eigenvalue weighted by Gasteiger charge is 2.33. The summed E-state index contributed by atoms with van der Waals surface area (Å²) in [5, 5.41) is 7.56. The minimum absolute atomic E-state index is 0.0367. The zero-order valence-corrected chi connectivity index (χ0v) is 26.3. The van der Waals surface area contributed by atoms with Crippen molar-refractivity contribution in [2.24, 2.45) is 17.4 Å². The van der Waals surface area contributed by atoms with Crippen molar-refractivity contribution in [1.82, 2.24) is 20.0 Å². The third-order valence-corrected chi connectivity index (χ3v) is 8.80. The highest BCUT2D eigenvalue weighted by molar-refractivity contribution is 6.30. The number of piperazine rings is 1. The lowest BCUT2D eigenvalue weighted by atomic mass is 9.88. The summed E-state index contributed by atoms with van der Waals surface area (Å²) in [7, 11) is 0. The van der Waals surface area contributed by atoms with Crippen molar-refractivity contribution in [3.05, 3.63) is 58.4 Å². The van der Waals surface area contributed by atoms with Gasteiger partial charge in [0.25, 0.3) is 0 Å². The molecule has 2 aliphatic rings. The molecule has 0 aromatic heterocycles. The quantitative estimate of drug-likeness (QED) is 0.226. The molecule has 1 amide bonds. The van der Waals surface area contributed by atoms with Crippen LogP contribution in [0.25, 0.3) is 0 Å². The summed E-state index contributed by atoms with van der Waals surface area (Å²) in [6.45, 7) is 11.3. The molecule has 0 spiro atoms. The van der Waals surface area contributed by atoms with Gasteiger partial charge in [-0.15, -0.1) is 0 Å². The van der Waals surface area contributed by atoms with E-state index in [1.807, 2.05) is 30.0 Å². The van der Waals surface area contributed by atoms with Gasteiger partial charge in [-0.05, 0) is 81.1 Å². The molecule has 238 valence electrons. The van der Waals surface area contributed by atoms with Crippen LogP contribution in [0.2, 0.25) is 5.02 Å². The van der Waals surface area contributed by atoms with E-state index in [1.54, 1.807) is 6.07 Å². The van der Waals surface area contributed by atoms with E-state index in [-0.39, 0.29) is 17.6 Å². The van der Waals surface area contributed by atoms with Gasteiger partial charge in [0, 0.05) is 81.7 Å². The summed E-state index contributed by atoms with van der Waals surface area (Å²) >= 11 is 6.32. The number of halogens is 2. The molecule has 0 radical (unpaired) electrons. The van der Waals surface area contributed by atoms with Crippen molar-refractivity contribution in [3.63, 3.8) is 0 Å². The van der Waals surface area contributed by atoms with Crippen LogP contribution in [0.4, 0.5) is 10.1 Å². The topological polar surface area (TPSA) is 112 Å². The summed E-state index contributed by atoms with van der Waals surface area (Å²) in [5.74, 6) is 0.549. The first-order valence-corrected chi connectivity index (χ1v) is 16.1. The molecular weight excluding hydrogens is 569 g/mol. The van der Waals surface area contributed by atoms with Crippen LogP contribution < -0.4 is 26.8 Å². The van der Waals surface area contributed by atoms with Crippen molar-refractivity contribution < 1.29 is 13.9 Å². The molecule has 11 heteroatoms. The Morgan fingerprint density at radius 3 is 2.56 bits per heavy atom. The number of rotatable bonds is 15. The van der Waals surface area contributed by atoms with Gasteiger partial charge in [-0.25, -0.2) is 4.39 Å². The number of nitrogens with one attached hydrogen (secondary N) is 2. The third kappa shape index (κ3) is 9.76. The molecule has 2 aliphatic heterocycles. The smallest absolute Gasteiger partial charge is 0.239 e. The summed E-state index contributed by atoms with van der Waals surface area (Å²) in [6.07, 6.45) is 2.72. The van der Waals surface area contributed by atoms with E-state index in [0.717, 1.165) is 69.2 Å². The van der Waals surface area contributed by atoms with Crippen molar-refractivity contribution >= 4 is 23.2 Å². The number of piperidine rings is 1. The van der Waals surface area contributed by atoms with Gasteiger partial charge in [-0.2, -0.15) is 0 Å². The Morgan fingerprint density at radius 1 is 1.07 bits per heavy atom. The number of nitrogens with two attached hydrogens (primary N) is 2. The van der Waals surface area contributed by atoms with Crippen LogP contribution in [-0.2, 0) is 17.8 Å². The van der Waals surface area contributed by atoms with Crippen molar-refractivity contribution in [2.75, 3.05) is 83.9 Å². The predicted octanol–water partition coefficient (Wildman–Crippen LogP) is 2.76. The first-order valence-electron chi connectivity index (χ1n) is 15.7. The van der Waals surface area contributed by atoms with Gasteiger partial charge >= 0.3 is 0 Å². The first-order chi connectivity index (χ1) is 20.9. The first kappa shape index (κ1) is 33.4. The maximum absolute atomic E-state index is 14.5. The molecule has 2 aromatic carbocycles. The summed E-state index contributed by atoms with van der Waals surface area (Å²) < 4.78 is 20.1. The molecule has 0 saturated carbocycles. The molecule has 0 unspecified atom stereocenters. The average molecular weight is 618 g/mol. The van der Waals surface area contributed by atoms with Crippen LogP contribution in [0.5, 0.6) is 5.75 Å². The van der Waals surface area contributed by atoms with Crippen LogP contribution in [0.1, 0.15) is 30.9 Å². The fourth-order valence-corrected chi connectivity index (χ4v) is 6.21. The van der Waals surface area contributed by atoms with E-state index in [4.69, 9.17) is 27.8 Å². The molecule has 0 bridgehead atoms. The number of carbonyl (C=O) groups is 1. The Kier molecular flexibility index (Phi) is 13.3. The number of anilines is 1. The largest absolute Gasteiger partial charge is 0.493 e. The monoisotopic (exact) mass is 617 g/mol. The summed E-state index contributed by atoms with van der Waals surface area (Å²) in [5.41, 5.74) is 15.0. The Hall–Kier alpha value is -2.47. The fraction of sp³-hybridized carbons (Fsp3) is 0.594. The van der Waals surface area contributed by atoms with E-state index in [0.29, 0.717) is 57.2 Å². The van der Waals surface area contributed by atoms with Crippen molar-refractivity contribution in [1.29, 1.82) is 0 Å². The lowest BCUT2D eigenvalue weighted by Crippen LogP contribution is -2.55. The van der Waals surface area contributed by atoms with Crippen LogP contribution in [0, 0.1) is 11.7 Å². The molecule has 9 nitrogen and oxygen atoms in total. The summed E-state index contributed by atoms with van der Waals surface area (Å²) in [4.78, 5) is 19.8. The van der Waals surface area contributed by atoms with Gasteiger partial charge in [-0.3, -0.25) is 9.69 Å². The van der Waals surface area contributed by atoms with Crippen LogP contribution >= 0.6 is 11.6 Å². The molecule has 6 N–H and O–H groups in total. The molecule has 1 atom stereocenters. The van der Waals surface area contributed by atoms with E-state index in [1.165, 1.54) is 11.6 Å². The number of carbonyl (C=O) groups excluding carboxylic acids is 1. The van der Waals surface area contributed by atoms with E-state index < -0.39 is 6.04 Å². The van der Waals surface area contributed by atoms with E-state index >= 15 is 0 Å². The number of benzene rings is 2. The molecule has 43 heavy (non-hydrogen) atoms. The second-order valence-corrected chi connectivity index (χ2v) is 11.9. The number of amides is 1. The number of hydrogen-bond donors (Lipinski definition) is 4. The van der Waals surface area contributed by atoms with Crippen LogP contribution in [0.3, 0.4) is 0 Å². The van der Waals surface area contributed by atoms with Gasteiger partial charge in [0.1, 0.15) is 11.6 Å². The lowest BCUT2D eigenvalue weighted by Gasteiger charge is -2.39. The SMILES string of the molecule is CCOc1cccc(F)c1CN1CCN(C(=O)[C@H](N)C2CCN(CCc3cc(Cl)ccc3NCCNCCN)CC2)CC1. The number of likely N-dealkylation sites (tertiary alicyclic amines) is 1. The molecule has 2 fully saturated rings. The number of ether oxygens (including phenoxy) is 1. The van der Waals surface area contributed by atoms with Crippen LogP contribution in [0.15, 0.2) is 36.4 Å². The second-order valence-electron chi connectivity index (χ2n) is 11.5. The third-order valence-electron chi connectivity index (χ3n) is 8.57. The second kappa shape index (κ2) is 17.1. The van der Waals surface area contributed by atoms with E-state index in [2.05, 4.69) is 26.5 Å². The van der Waals surface area contributed by atoms with Gasteiger partial charge in [-0.1, -0.05) is 17.7 Å². The molecule has 0 aliphatic carbocycles. The Bertz CT molecular complexity index is 1160. The maximum atomic E-state index is 14.5. The average Bonchev–Trinajstić information content (AvgIpc) is 3.02. The normalized spacial score (nSPS) is 17.7. The maximum Gasteiger partial charge on any atom is 0.239 e.